The van der Waals surface area contributed by atoms with Crippen molar-refractivity contribution >= 4 is 49.8 Å². The molecular formula is C68H51NO. The molecule has 0 bridgehead atoms. The minimum absolute atomic E-state index is 0.0267. The number of ether oxygens (including phenoxy) is 1. The van der Waals surface area contributed by atoms with Gasteiger partial charge in [0.15, 0.2) is 0 Å². The van der Waals surface area contributed by atoms with Crippen molar-refractivity contribution < 1.29 is 4.74 Å². The highest BCUT2D eigenvalue weighted by molar-refractivity contribution is 6.16. The number of para-hydroxylation sites is 1. The van der Waals surface area contributed by atoms with Gasteiger partial charge in [-0.25, -0.2) is 0 Å². The lowest BCUT2D eigenvalue weighted by Gasteiger charge is -2.32. The Morgan fingerprint density at radius 3 is 1.93 bits per heavy atom. The normalized spacial score (nSPS) is 18.1. The quantitative estimate of drug-likeness (QED) is 0.154. The Bertz CT molecular complexity index is 3780. The van der Waals surface area contributed by atoms with Crippen LogP contribution in [0.25, 0.3) is 54.9 Å². The van der Waals surface area contributed by atoms with Crippen molar-refractivity contribution in [3.8, 4) is 28.0 Å². The van der Waals surface area contributed by atoms with Crippen LogP contribution in [0.15, 0.2) is 236 Å². The number of allylic oxidation sites excluding steroid dienone is 2. The highest BCUT2D eigenvalue weighted by Gasteiger charge is 2.44. The number of anilines is 3. The summed E-state index contributed by atoms with van der Waals surface area (Å²) in [4.78, 5) is 2.50. The standard InChI is InChI=1S/C68H51NO/c1-68(2)61-27-15-13-25-55(61)56-37-34-50(42-62(56)68)69(48-32-29-44(30-33-48)43-17-5-3-6-18-43)49-35-38-57-59(41-49)52(45-19-7-4-8-20-45)36-31-47-40-64-66(58-26-14-16-28-63(58)70-64)67(65(47)57)60-39-46-21-9-10-22-51(46)53-23-11-12-24-54(53)60/h3-30,32-35,37-42,52,64,66H,31,36H2,1-2H3. The molecule has 4 aliphatic rings. The van der Waals surface area contributed by atoms with Gasteiger partial charge in [0.1, 0.15) is 11.9 Å². The van der Waals surface area contributed by atoms with Gasteiger partial charge in [-0.1, -0.05) is 190 Å². The third-order valence-corrected chi connectivity index (χ3v) is 16.1. The lowest BCUT2D eigenvalue weighted by molar-refractivity contribution is 0.270. The molecule has 10 aromatic rings. The van der Waals surface area contributed by atoms with E-state index in [1.54, 1.807) is 0 Å². The van der Waals surface area contributed by atoms with E-state index in [2.05, 4.69) is 249 Å². The second-order valence-electron chi connectivity index (χ2n) is 20.2. The van der Waals surface area contributed by atoms with Crippen molar-refractivity contribution in [3.05, 3.63) is 275 Å². The van der Waals surface area contributed by atoms with Crippen molar-refractivity contribution in [3.63, 3.8) is 0 Å². The summed E-state index contributed by atoms with van der Waals surface area (Å²) in [6.45, 7) is 4.76. The Hall–Kier alpha value is -8.20. The van der Waals surface area contributed by atoms with Crippen LogP contribution in [-0.2, 0) is 5.41 Å². The lowest BCUT2D eigenvalue weighted by Crippen LogP contribution is -2.23. The topological polar surface area (TPSA) is 12.5 Å². The van der Waals surface area contributed by atoms with Crippen LogP contribution in [0.4, 0.5) is 17.1 Å². The Morgan fingerprint density at radius 2 is 1.10 bits per heavy atom. The van der Waals surface area contributed by atoms with E-state index in [0.29, 0.717) is 0 Å². The molecule has 3 unspecified atom stereocenters. The number of rotatable bonds is 6. The van der Waals surface area contributed by atoms with Gasteiger partial charge in [-0.05, 0) is 161 Å². The summed E-state index contributed by atoms with van der Waals surface area (Å²) < 4.78 is 6.99. The summed E-state index contributed by atoms with van der Waals surface area (Å²) in [6.07, 6.45) is 4.30. The molecule has 0 saturated heterocycles. The number of hydrogen-bond acceptors (Lipinski definition) is 2. The van der Waals surface area contributed by atoms with Crippen LogP contribution in [0.3, 0.4) is 0 Å². The van der Waals surface area contributed by atoms with Crippen molar-refractivity contribution in [2.24, 2.45) is 0 Å². The molecule has 1 heterocycles. The predicted molar refractivity (Wildman–Crippen MR) is 292 cm³/mol. The Kier molecular flexibility index (Phi) is 9.30. The average Bonchev–Trinajstić information content (AvgIpc) is 3.83. The van der Waals surface area contributed by atoms with Crippen molar-refractivity contribution in [1.82, 2.24) is 0 Å². The zero-order chi connectivity index (χ0) is 46.5. The van der Waals surface area contributed by atoms with Crippen molar-refractivity contribution in [1.29, 1.82) is 0 Å². The van der Waals surface area contributed by atoms with E-state index in [0.717, 1.165) is 35.7 Å². The van der Waals surface area contributed by atoms with Gasteiger partial charge in [-0.3, -0.25) is 0 Å². The van der Waals surface area contributed by atoms with E-state index in [-0.39, 0.29) is 23.4 Å². The number of nitrogens with zero attached hydrogens (tertiary/aromatic N) is 1. The minimum Gasteiger partial charge on any atom is -0.485 e. The lowest BCUT2D eigenvalue weighted by atomic mass is 9.72. The van der Waals surface area contributed by atoms with E-state index in [9.17, 15) is 0 Å². The molecule has 70 heavy (non-hydrogen) atoms. The zero-order valence-electron chi connectivity index (χ0n) is 39.4. The predicted octanol–water partition coefficient (Wildman–Crippen LogP) is 17.8. The second-order valence-corrected chi connectivity index (χ2v) is 20.2. The molecule has 1 aliphatic heterocycles. The molecule has 10 aromatic carbocycles. The van der Waals surface area contributed by atoms with E-state index >= 15 is 0 Å². The van der Waals surface area contributed by atoms with Crippen LogP contribution >= 0.6 is 0 Å². The first-order valence-corrected chi connectivity index (χ1v) is 25.0. The van der Waals surface area contributed by atoms with E-state index < -0.39 is 0 Å². The van der Waals surface area contributed by atoms with E-state index in [1.165, 1.54) is 99.5 Å². The maximum Gasteiger partial charge on any atom is 0.128 e. The molecule has 0 N–H and O–H groups in total. The van der Waals surface area contributed by atoms with Gasteiger partial charge >= 0.3 is 0 Å². The summed E-state index contributed by atoms with van der Waals surface area (Å²) in [6, 6.07) is 83.8. The smallest absolute Gasteiger partial charge is 0.128 e. The number of fused-ring (bicyclic) bond motifs is 12. The molecule has 3 atom stereocenters. The van der Waals surface area contributed by atoms with Crippen LogP contribution in [-0.4, -0.2) is 6.10 Å². The molecular weight excluding hydrogens is 847 g/mol. The molecule has 334 valence electrons. The summed E-state index contributed by atoms with van der Waals surface area (Å²) in [7, 11) is 0. The molecule has 0 fully saturated rings. The third kappa shape index (κ3) is 6.32. The second kappa shape index (κ2) is 15.9. The molecule has 2 heteroatoms. The first-order valence-electron chi connectivity index (χ1n) is 25.0. The van der Waals surface area contributed by atoms with Crippen LogP contribution in [0.5, 0.6) is 5.75 Å². The summed E-state index contributed by atoms with van der Waals surface area (Å²) in [5.74, 6) is 1.17. The highest BCUT2D eigenvalue weighted by Crippen LogP contribution is 2.58. The van der Waals surface area contributed by atoms with Crippen LogP contribution in [0.1, 0.15) is 77.5 Å². The van der Waals surface area contributed by atoms with Gasteiger partial charge in [0.05, 0.1) is 5.92 Å². The average molecular weight is 898 g/mol. The molecule has 0 radical (unpaired) electrons. The Labute approximate surface area is 410 Å². The first-order chi connectivity index (χ1) is 34.5. The Morgan fingerprint density at radius 1 is 0.471 bits per heavy atom. The molecule has 14 rings (SSSR count). The zero-order valence-corrected chi connectivity index (χ0v) is 39.4. The maximum absolute atomic E-state index is 6.99. The number of hydrogen-bond donors (Lipinski definition) is 0. The molecule has 0 aromatic heterocycles. The summed E-state index contributed by atoms with van der Waals surface area (Å²) >= 11 is 0. The third-order valence-electron chi connectivity index (χ3n) is 16.1. The molecule has 2 nitrogen and oxygen atoms in total. The molecule has 0 amide bonds. The fourth-order valence-electron chi connectivity index (χ4n) is 12.8. The SMILES string of the molecule is CC1(C)c2ccccc2-c2ccc(N(c3ccc(-c4ccccc4)cc3)c3ccc4c(c3)C(c3ccccc3)CCC3=CC5Oc6ccccc6C5C(c5cc6ccccc6c6ccccc56)=C34)cc21. The van der Waals surface area contributed by atoms with Crippen molar-refractivity contribution in [2.45, 2.75) is 50.0 Å². The van der Waals surface area contributed by atoms with Crippen molar-refractivity contribution in [2.75, 3.05) is 4.90 Å². The van der Waals surface area contributed by atoms with Gasteiger partial charge in [-0.2, -0.15) is 0 Å². The van der Waals surface area contributed by atoms with Crippen LogP contribution in [0.2, 0.25) is 0 Å². The van der Waals surface area contributed by atoms with E-state index in [1.807, 2.05) is 0 Å². The van der Waals surface area contributed by atoms with Gasteiger partial charge in [-0.15, -0.1) is 0 Å². The van der Waals surface area contributed by atoms with Crippen LogP contribution < -0.4 is 9.64 Å². The van der Waals surface area contributed by atoms with Gasteiger partial charge in [0, 0.05) is 34.0 Å². The fraction of sp³-hybridized carbons (Fsp3) is 0.118. The summed E-state index contributed by atoms with van der Waals surface area (Å²) in [5, 5.41) is 5.10. The van der Waals surface area contributed by atoms with Gasteiger partial charge < -0.3 is 9.64 Å². The minimum atomic E-state index is -0.142. The number of benzene rings is 10. The molecule has 0 spiro atoms. The molecule has 3 aliphatic carbocycles. The first kappa shape index (κ1) is 40.8. The monoisotopic (exact) mass is 897 g/mol. The Balaban J connectivity index is 1.03. The largest absolute Gasteiger partial charge is 0.485 e. The van der Waals surface area contributed by atoms with Gasteiger partial charge in [0.2, 0.25) is 0 Å². The van der Waals surface area contributed by atoms with E-state index in [4.69, 9.17) is 4.74 Å². The summed E-state index contributed by atoms with van der Waals surface area (Å²) in [5.41, 5.74) is 21.8. The molecule has 0 saturated carbocycles. The van der Waals surface area contributed by atoms with Gasteiger partial charge in [0.25, 0.3) is 0 Å². The fourth-order valence-corrected chi connectivity index (χ4v) is 12.8. The van der Waals surface area contributed by atoms with Crippen LogP contribution in [0, 0.1) is 0 Å². The highest BCUT2D eigenvalue weighted by atomic mass is 16.5. The maximum atomic E-state index is 6.99.